The molecule has 0 bridgehead atoms. The number of nitrogens with one attached hydrogen (secondary N) is 1. The Kier molecular flexibility index (Phi) is 4.56. The highest BCUT2D eigenvalue weighted by atomic mass is 16.5. The van der Waals surface area contributed by atoms with Crippen LogP contribution in [0.2, 0.25) is 0 Å². The summed E-state index contributed by atoms with van der Waals surface area (Å²) in [5, 5.41) is 2.69. The fraction of sp³-hybridized carbons (Fsp3) is 0.125. The van der Waals surface area contributed by atoms with Crippen LogP contribution in [0.4, 0.5) is 11.5 Å². The number of amides is 1. The quantitative estimate of drug-likeness (QED) is 0.846. The first-order valence-electron chi connectivity index (χ1n) is 6.45. The molecule has 0 aliphatic heterocycles. The van der Waals surface area contributed by atoms with Gasteiger partial charge in [0.15, 0.2) is 0 Å². The first-order chi connectivity index (χ1) is 10.1. The third-order valence-corrected chi connectivity index (χ3v) is 2.90. The second kappa shape index (κ2) is 6.56. The van der Waals surface area contributed by atoms with E-state index in [2.05, 4.69) is 10.3 Å². The van der Waals surface area contributed by atoms with Crippen LogP contribution in [0.25, 0.3) is 6.08 Å². The smallest absolute Gasteiger partial charge is 0.249 e. The van der Waals surface area contributed by atoms with Crippen LogP contribution in [0.15, 0.2) is 42.5 Å². The lowest BCUT2D eigenvalue weighted by molar-refractivity contribution is -0.111. The van der Waals surface area contributed by atoms with Gasteiger partial charge in [-0.05, 0) is 42.8 Å². The molecule has 1 aromatic heterocycles. The molecule has 0 spiro atoms. The van der Waals surface area contributed by atoms with Crippen LogP contribution in [-0.4, -0.2) is 18.0 Å². The lowest BCUT2D eigenvalue weighted by Gasteiger charge is -2.04. The number of benzene rings is 1. The SMILES string of the molecule is COc1cccc(/C=C/C(=O)Nc2ccc(N)c(C)n2)c1. The molecular formula is C16H17N3O2. The zero-order valence-electron chi connectivity index (χ0n) is 12.0. The Morgan fingerprint density at radius 3 is 2.86 bits per heavy atom. The predicted octanol–water partition coefficient (Wildman–Crippen LogP) is 2.63. The summed E-state index contributed by atoms with van der Waals surface area (Å²) >= 11 is 0. The van der Waals surface area contributed by atoms with Gasteiger partial charge in [-0.1, -0.05) is 12.1 Å². The van der Waals surface area contributed by atoms with Crippen molar-refractivity contribution in [1.82, 2.24) is 4.98 Å². The normalized spacial score (nSPS) is 10.6. The lowest BCUT2D eigenvalue weighted by Crippen LogP contribution is -2.10. The van der Waals surface area contributed by atoms with Crippen molar-refractivity contribution in [2.45, 2.75) is 6.92 Å². The summed E-state index contributed by atoms with van der Waals surface area (Å²) < 4.78 is 5.13. The van der Waals surface area contributed by atoms with Crippen molar-refractivity contribution >= 4 is 23.5 Å². The number of carbonyl (C=O) groups is 1. The maximum Gasteiger partial charge on any atom is 0.249 e. The van der Waals surface area contributed by atoms with Crippen molar-refractivity contribution in [2.75, 3.05) is 18.2 Å². The average molecular weight is 283 g/mol. The van der Waals surface area contributed by atoms with Crippen molar-refractivity contribution in [1.29, 1.82) is 0 Å². The number of carbonyl (C=O) groups excluding carboxylic acids is 1. The molecule has 21 heavy (non-hydrogen) atoms. The van der Waals surface area contributed by atoms with E-state index in [-0.39, 0.29) is 5.91 Å². The first-order valence-corrected chi connectivity index (χ1v) is 6.45. The molecule has 3 N–H and O–H groups in total. The van der Waals surface area contributed by atoms with Crippen molar-refractivity contribution < 1.29 is 9.53 Å². The molecule has 5 heteroatoms. The summed E-state index contributed by atoms with van der Waals surface area (Å²) in [5.74, 6) is 0.963. The highest BCUT2D eigenvalue weighted by molar-refractivity contribution is 6.01. The van der Waals surface area contributed by atoms with E-state index in [1.54, 1.807) is 32.2 Å². The maximum absolute atomic E-state index is 11.8. The monoisotopic (exact) mass is 283 g/mol. The Balaban J connectivity index is 2.03. The number of ether oxygens (including phenoxy) is 1. The van der Waals surface area contributed by atoms with Gasteiger partial charge in [-0.25, -0.2) is 4.98 Å². The number of nitrogens with zero attached hydrogens (tertiary/aromatic N) is 1. The van der Waals surface area contributed by atoms with E-state index in [0.717, 1.165) is 11.3 Å². The van der Waals surface area contributed by atoms with Crippen LogP contribution >= 0.6 is 0 Å². The van der Waals surface area contributed by atoms with Gasteiger partial charge in [-0.3, -0.25) is 4.79 Å². The molecule has 0 atom stereocenters. The van der Waals surface area contributed by atoms with Crippen LogP contribution in [0, 0.1) is 6.92 Å². The van der Waals surface area contributed by atoms with Crippen LogP contribution in [0.5, 0.6) is 5.75 Å². The van der Waals surface area contributed by atoms with Crippen LogP contribution < -0.4 is 15.8 Å². The number of anilines is 2. The average Bonchev–Trinajstić information content (AvgIpc) is 2.49. The van der Waals surface area contributed by atoms with Crippen LogP contribution in [0.3, 0.4) is 0 Å². The first kappa shape index (κ1) is 14.6. The molecule has 0 saturated carbocycles. The Bertz CT molecular complexity index is 681. The third kappa shape index (κ3) is 4.07. The summed E-state index contributed by atoms with van der Waals surface area (Å²) in [6, 6.07) is 10.8. The number of aromatic nitrogens is 1. The lowest BCUT2D eigenvalue weighted by atomic mass is 10.2. The standard InChI is InChI=1S/C16H17N3O2/c1-11-14(17)7-8-15(18-11)19-16(20)9-6-12-4-3-5-13(10-12)21-2/h3-10H,17H2,1-2H3,(H,18,19,20)/b9-6+. The number of hydrogen-bond donors (Lipinski definition) is 2. The predicted molar refractivity (Wildman–Crippen MR) is 84.0 cm³/mol. The Labute approximate surface area is 123 Å². The second-order valence-electron chi connectivity index (χ2n) is 4.47. The van der Waals surface area contributed by atoms with E-state index in [0.29, 0.717) is 17.2 Å². The van der Waals surface area contributed by atoms with Gasteiger partial charge in [0, 0.05) is 6.08 Å². The molecule has 0 radical (unpaired) electrons. The van der Waals surface area contributed by atoms with Crippen molar-refractivity contribution in [3.8, 4) is 5.75 Å². The van der Waals surface area contributed by atoms with Gasteiger partial charge in [-0.15, -0.1) is 0 Å². The Morgan fingerprint density at radius 2 is 2.14 bits per heavy atom. The summed E-state index contributed by atoms with van der Waals surface area (Å²) in [4.78, 5) is 16.0. The molecule has 0 fully saturated rings. The van der Waals surface area contributed by atoms with E-state index < -0.39 is 0 Å². The molecule has 1 heterocycles. The van der Waals surface area contributed by atoms with Gasteiger partial charge in [0.2, 0.25) is 5.91 Å². The van der Waals surface area contributed by atoms with Crippen molar-refractivity contribution in [3.05, 3.63) is 53.7 Å². The molecule has 1 amide bonds. The number of pyridine rings is 1. The highest BCUT2D eigenvalue weighted by Crippen LogP contribution is 2.14. The summed E-state index contributed by atoms with van der Waals surface area (Å²) in [5.41, 5.74) is 7.84. The molecule has 108 valence electrons. The molecule has 0 aliphatic carbocycles. The highest BCUT2D eigenvalue weighted by Gasteiger charge is 2.01. The summed E-state index contributed by atoms with van der Waals surface area (Å²) in [6.07, 6.45) is 3.16. The van der Waals surface area contributed by atoms with E-state index in [9.17, 15) is 4.79 Å². The maximum atomic E-state index is 11.8. The Hall–Kier alpha value is -2.82. The minimum absolute atomic E-state index is 0.255. The molecule has 5 nitrogen and oxygen atoms in total. The fourth-order valence-electron chi connectivity index (χ4n) is 1.73. The van der Waals surface area contributed by atoms with Crippen LogP contribution in [0.1, 0.15) is 11.3 Å². The van der Waals surface area contributed by atoms with Crippen LogP contribution in [-0.2, 0) is 4.79 Å². The number of nitrogen functional groups attached to an aromatic ring is 1. The molecule has 1 aromatic carbocycles. The molecule has 0 aliphatic rings. The summed E-state index contributed by atoms with van der Waals surface area (Å²) in [6.45, 7) is 1.79. The number of hydrogen-bond acceptors (Lipinski definition) is 4. The van der Waals surface area contributed by atoms with Gasteiger partial charge in [0.05, 0.1) is 18.5 Å². The minimum atomic E-state index is -0.255. The topological polar surface area (TPSA) is 77.2 Å². The van der Waals surface area contributed by atoms with Gasteiger partial charge in [0.25, 0.3) is 0 Å². The van der Waals surface area contributed by atoms with E-state index >= 15 is 0 Å². The summed E-state index contributed by atoms with van der Waals surface area (Å²) in [7, 11) is 1.60. The van der Waals surface area contributed by atoms with Gasteiger partial charge in [0.1, 0.15) is 11.6 Å². The largest absolute Gasteiger partial charge is 0.497 e. The molecule has 2 rings (SSSR count). The van der Waals surface area contributed by atoms with Gasteiger partial charge in [-0.2, -0.15) is 0 Å². The second-order valence-corrected chi connectivity index (χ2v) is 4.47. The number of methoxy groups -OCH3 is 1. The number of nitrogens with two attached hydrogens (primary N) is 1. The number of rotatable bonds is 4. The van der Waals surface area contributed by atoms with Crippen molar-refractivity contribution in [2.24, 2.45) is 0 Å². The molecule has 0 saturated heterocycles. The van der Waals surface area contributed by atoms with Crippen molar-refractivity contribution in [3.63, 3.8) is 0 Å². The molecule has 2 aromatic rings. The van der Waals surface area contributed by atoms with Gasteiger partial charge < -0.3 is 15.8 Å². The Morgan fingerprint density at radius 1 is 1.33 bits per heavy atom. The van der Waals surface area contributed by atoms with E-state index in [1.807, 2.05) is 24.3 Å². The fourth-order valence-corrected chi connectivity index (χ4v) is 1.73. The molecule has 0 unspecified atom stereocenters. The van der Waals surface area contributed by atoms with Gasteiger partial charge >= 0.3 is 0 Å². The zero-order chi connectivity index (χ0) is 15.2. The van der Waals surface area contributed by atoms with E-state index in [1.165, 1.54) is 6.08 Å². The minimum Gasteiger partial charge on any atom is -0.497 e. The third-order valence-electron chi connectivity index (χ3n) is 2.90. The zero-order valence-corrected chi connectivity index (χ0v) is 12.0. The molecular weight excluding hydrogens is 266 g/mol. The van der Waals surface area contributed by atoms with E-state index in [4.69, 9.17) is 10.5 Å². The number of aryl methyl sites for hydroxylation is 1.